The van der Waals surface area contributed by atoms with E-state index in [2.05, 4.69) is 90.5 Å². The average molecular weight is 334 g/mol. The predicted molar refractivity (Wildman–Crippen MR) is 106 cm³/mol. The summed E-state index contributed by atoms with van der Waals surface area (Å²) in [6, 6.07) is 22.0. The van der Waals surface area contributed by atoms with Crippen LogP contribution in [0.5, 0.6) is 0 Å². The van der Waals surface area contributed by atoms with Gasteiger partial charge in [-0.05, 0) is 23.6 Å². The van der Waals surface area contributed by atoms with Crippen LogP contribution in [0.25, 0.3) is 0 Å². The minimum atomic E-state index is -1.65. The molecule has 0 unspecified atom stereocenters. The maximum absolute atomic E-state index is 3.74. The molecule has 1 aliphatic rings. The molecule has 0 heterocycles. The van der Waals surface area contributed by atoms with Gasteiger partial charge in [-0.2, -0.15) is 0 Å². The van der Waals surface area contributed by atoms with Crippen molar-refractivity contribution in [3.63, 3.8) is 0 Å². The maximum atomic E-state index is 3.74. The van der Waals surface area contributed by atoms with Crippen molar-refractivity contribution in [1.29, 1.82) is 0 Å². The lowest BCUT2D eigenvalue weighted by molar-refractivity contribution is 0.467. The number of hydrogen-bond acceptors (Lipinski definition) is 1. The SMILES string of the molecule is C[Si](C)(C#C[C@@H]1CCC[C@@H]1NCc1ccccc1)c1ccccc1. The highest BCUT2D eigenvalue weighted by Gasteiger charge is 2.26. The van der Waals surface area contributed by atoms with E-state index in [0.717, 1.165) is 6.54 Å². The van der Waals surface area contributed by atoms with Gasteiger partial charge in [-0.15, -0.1) is 11.5 Å². The normalized spacial score (nSPS) is 20.4. The molecule has 2 aromatic carbocycles. The van der Waals surface area contributed by atoms with Crippen LogP contribution >= 0.6 is 0 Å². The second-order valence-corrected chi connectivity index (χ2v) is 11.3. The van der Waals surface area contributed by atoms with E-state index in [1.807, 2.05) is 0 Å². The molecule has 1 saturated carbocycles. The smallest absolute Gasteiger partial charge is 0.162 e. The third-order valence-electron chi connectivity index (χ3n) is 4.99. The zero-order valence-electron chi connectivity index (χ0n) is 14.8. The maximum Gasteiger partial charge on any atom is 0.162 e. The molecule has 0 bridgehead atoms. The quantitative estimate of drug-likeness (QED) is 0.656. The minimum Gasteiger partial charge on any atom is -0.309 e. The molecule has 1 N–H and O–H groups in total. The van der Waals surface area contributed by atoms with Crippen molar-refractivity contribution in [2.45, 2.75) is 44.9 Å². The van der Waals surface area contributed by atoms with Crippen LogP contribution in [-0.4, -0.2) is 14.1 Å². The summed E-state index contributed by atoms with van der Waals surface area (Å²) in [5.41, 5.74) is 5.05. The van der Waals surface area contributed by atoms with Crippen LogP contribution in [0.3, 0.4) is 0 Å². The summed E-state index contributed by atoms with van der Waals surface area (Å²) in [4.78, 5) is 0. The van der Waals surface area contributed by atoms with Gasteiger partial charge in [-0.1, -0.05) is 80.2 Å². The second-order valence-electron chi connectivity index (χ2n) is 7.27. The van der Waals surface area contributed by atoms with Crippen molar-refractivity contribution in [3.05, 3.63) is 66.2 Å². The molecule has 124 valence electrons. The van der Waals surface area contributed by atoms with Crippen LogP contribution in [0, 0.1) is 17.4 Å². The van der Waals surface area contributed by atoms with Crippen molar-refractivity contribution < 1.29 is 0 Å². The Labute approximate surface area is 147 Å². The van der Waals surface area contributed by atoms with Crippen molar-refractivity contribution in [2.75, 3.05) is 0 Å². The third kappa shape index (κ3) is 4.38. The Morgan fingerprint density at radius 1 is 0.958 bits per heavy atom. The number of nitrogens with one attached hydrogen (secondary N) is 1. The van der Waals surface area contributed by atoms with E-state index in [1.165, 1.54) is 30.0 Å². The van der Waals surface area contributed by atoms with Gasteiger partial charge >= 0.3 is 0 Å². The zero-order chi connectivity index (χ0) is 16.8. The van der Waals surface area contributed by atoms with Crippen LogP contribution < -0.4 is 10.5 Å². The summed E-state index contributed by atoms with van der Waals surface area (Å²) in [6.07, 6.45) is 3.78. The monoisotopic (exact) mass is 333 g/mol. The Hall–Kier alpha value is -1.82. The fourth-order valence-corrected chi connectivity index (χ4v) is 5.14. The molecule has 1 nitrogen and oxygen atoms in total. The fraction of sp³-hybridized carbons (Fsp3) is 0.364. The Morgan fingerprint density at radius 3 is 2.33 bits per heavy atom. The third-order valence-corrected chi connectivity index (χ3v) is 7.54. The Bertz CT molecular complexity index is 697. The van der Waals surface area contributed by atoms with Gasteiger partial charge in [0.2, 0.25) is 0 Å². The molecule has 2 aromatic rings. The molecule has 2 heteroatoms. The average Bonchev–Trinajstić information content (AvgIpc) is 3.07. The molecule has 1 fully saturated rings. The fourth-order valence-electron chi connectivity index (χ4n) is 3.42. The minimum absolute atomic E-state index is 0.504. The first-order valence-corrected chi connectivity index (χ1v) is 12.0. The summed E-state index contributed by atoms with van der Waals surface area (Å²) >= 11 is 0. The summed E-state index contributed by atoms with van der Waals surface area (Å²) < 4.78 is 0. The van der Waals surface area contributed by atoms with Gasteiger partial charge in [0.1, 0.15) is 0 Å². The molecule has 1 aliphatic carbocycles. The van der Waals surface area contributed by atoms with Gasteiger partial charge in [0.15, 0.2) is 8.07 Å². The molecule has 0 spiro atoms. The largest absolute Gasteiger partial charge is 0.309 e. The molecule has 0 saturated heterocycles. The highest BCUT2D eigenvalue weighted by atomic mass is 28.3. The Balaban J connectivity index is 1.64. The first kappa shape index (κ1) is 17.0. The van der Waals surface area contributed by atoms with Crippen molar-refractivity contribution in [1.82, 2.24) is 5.32 Å². The predicted octanol–water partition coefficient (Wildman–Crippen LogP) is 4.10. The van der Waals surface area contributed by atoms with Crippen LogP contribution in [0.15, 0.2) is 60.7 Å². The Morgan fingerprint density at radius 2 is 1.62 bits per heavy atom. The molecule has 24 heavy (non-hydrogen) atoms. The second kappa shape index (κ2) is 7.83. The van der Waals surface area contributed by atoms with Gasteiger partial charge < -0.3 is 5.32 Å². The van der Waals surface area contributed by atoms with Crippen LogP contribution in [0.2, 0.25) is 13.1 Å². The number of rotatable bonds is 4. The first-order chi connectivity index (χ1) is 11.6. The van der Waals surface area contributed by atoms with Gasteiger partial charge in [-0.25, -0.2) is 0 Å². The van der Waals surface area contributed by atoms with Gasteiger partial charge in [0.05, 0.1) is 0 Å². The summed E-state index contributed by atoms with van der Waals surface area (Å²) in [6.45, 7) is 5.66. The van der Waals surface area contributed by atoms with Crippen LogP contribution in [-0.2, 0) is 6.54 Å². The molecular formula is C22H27NSi. The molecule has 0 aromatic heterocycles. The van der Waals surface area contributed by atoms with Crippen LogP contribution in [0.1, 0.15) is 24.8 Å². The molecule has 3 rings (SSSR count). The lowest BCUT2D eigenvalue weighted by Crippen LogP contribution is -2.40. The van der Waals surface area contributed by atoms with E-state index >= 15 is 0 Å². The van der Waals surface area contributed by atoms with Crippen molar-refractivity contribution in [2.24, 2.45) is 5.92 Å². The van der Waals surface area contributed by atoms with E-state index in [0.29, 0.717) is 12.0 Å². The van der Waals surface area contributed by atoms with Gasteiger partial charge in [0, 0.05) is 18.5 Å². The standard InChI is InChI=1S/C22H27NSi/c1-24(2,21-13-7-4-8-14-21)17-16-20-12-9-15-22(20)23-18-19-10-5-3-6-11-19/h3-8,10-11,13-14,20,22-23H,9,12,15,18H2,1-2H3/t20-,22-/m0/s1. The highest BCUT2D eigenvalue weighted by molar-refractivity contribution is 6.96. The zero-order valence-corrected chi connectivity index (χ0v) is 15.8. The lowest BCUT2D eigenvalue weighted by atomic mass is 10.0. The van der Waals surface area contributed by atoms with Gasteiger partial charge in [-0.3, -0.25) is 0 Å². The van der Waals surface area contributed by atoms with E-state index in [4.69, 9.17) is 0 Å². The lowest BCUT2D eigenvalue weighted by Gasteiger charge is -2.19. The first-order valence-electron chi connectivity index (χ1n) is 9.01. The highest BCUT2D eigenvalue weighted by Crippen LogP contribution is 2.25. The summed E-state index contributed by atoms with van der Waals surface area (Å²) in [5.74, 6) is 4.16. The number of hydrogen-bond donors (Lipinski definition) is 1. The van der Waals surface area contributed by atoms with Crippen molar-refractivity contribution >= 4 is 13.3 Å². The molecule has 0 aliphatic heterocycles. The van der Waals surface area contributed by atoms with Crippen LogP contribution in [0.4, 0.5) is 0 Å². The molecule has 0 amide bonds. The molecule has 2 atom stereocenters. The number of benzene rings is 2. The molecular weight excluding hydrogens is 306 g/mol. The van der Waals surface area contributed by atoms with E-state index in [-0.39, 0.29) is 0 Å². The van der Waals surface area contributed by atoms with E-state index in [9.17, 15) is 0 Å². The van der Waals surface area contributed by atoms with Gasteiger partial charge in [0.25, 0.3) is 0 Å². The topological polar surface area (TPSA) is 12.0 Å². The summed E-state index contributed by atoms with van der Waals surface area (Å²) in [7, 11) is -1.65. The van der Waals surface area contributed by atoms with Crippen molar-refractivity contribution in [3.8, 4) is 11.5 Å². The Kier molecular flexibility index (Phi) is 5.55. The van der Waals surface area contributed by atoms with E-state index in [1.54, 1.807) is 0 Å². The molecule has 0 radical (unpaired) electrons. The van der Waals surface area contributed by atoms with E-state index < -0.39 is 8.07 Å². The summed E-state index contributed by atoms with van der Waals surface area (Å²) in [5, 5.41) is 5.17.